The van der Waals surface area contributed by atoms with Gasteiger partial charge in [-0.3, -0.25) is 4.68 Å². The van der Waals surface area contributed by atoms with Gasteiger partial charge >= 0.3 is 0 Å². The second-order valence-electron chi connectivity index (χ2n) is 5.48. The Morgan fingerprint density at radius 3 is 2.95 bits per heavy atom. The van der Waals surface area contributed by atoms with Crippen molar-refractivity contribution in [2.24, 2.45) is 5.92 Å². The number of halogens is 1. The van der Waals surface area contributed by atoms with E-state index in [1.165, 1.54) is 5.69 Å². The first-order chi connectivity index (χ1) is 10.3. The molecule has 2 heterocycles. The van der Waals surface area contributed by atoms with Gasteiger partial charge in [-0.05, 0) is 47.7 Å². The summed E-state index contributed by atoms with van der Waals surface area (Å²) in [5.74, 6) is 0.597. The molecule has 1 aromatic heterocycles. The highest BCUT2D eigenvalue weighted by molar-refractivity contribution is 9.10. The number of nitrogens with one attached hydrogen (secondary N) is 1. The lowest BCUT2D eigenvalue weighted by molar-refractivity contribution is 0.0521. The van der Waals surface area contributed by atoms with Crippen molar-refractivity contribution in [3.05, 3.63) is 16.4 Å². The zero-order chi connectivity index (χ0) is 15.1. The Morgan fingerprint density at radius 2 is 2.29 bits per heavy atom. The van der Waals surface area contributed by atoms with Crippen molar-refractivity contribution in [2.45, 2.75) is 38.8 Å². The van der Waals surface area contributed by atoms with Gasteiger partial charge in [-0.25, -0.2) is 0 Å². The van der Waals surface area contributed by atoms with Crippen LogP contribution in [0.3, 0.4) is 0 Å². The second-order valence-corrected chi connectivity index (χ2v) is 6.33. The first-order valence-electron chi connectivity index (χ1n) is 7.79. The van der Waals surface area contributed by atoms with Crippen LogP contribution in [0.2, 0.25) is 0 Å². The third-order valence-electron chi connectivity index (χ3n) is 3.99. The van der Waals surface area contributed by atoms with Gasteiger partial charge in [-0.1, -0.05) is 6.92 Å². The van der Waals surface area contributed by atoms with Crippen molar-refractivity contribution in [3.8, 4) is 0 Å². The second kappa shape index (κ2) is 8.88. The van der Waals surface area contributed by atoms with E-state index in [0.717, 1.165) is 50.0 Å². The number of rotatable bonds is 8. The Morgan fingerprint density at radius 1 is 1.52 bits per heavy atom. The molecule has 0 saturated carbocycles. The standard InChI is InChI=1S/C15H26BrN3O2/c1-3-6-17-14(12-4-8-21-9-5-12)15-13(16)11-18-19(15)7-10-20-2/h11-12,14,17H,3-10H2,1-2H3. The van der Waals surface area contributed by atoms with Crippen LogP contribution in [0.5, 0.6) is 0 Å². The Hall–Kier alpha value is -0.430. The maximum atomic E-state index is 5.52. The summed E-state index contributed by atoms with van der Waals surface area (Å²) in [5.41, 5.74) is 1.24. The van der Waals surface area contributed by atoms with Crippen LogP contribution < -0.4 is 5.32 Å². The molecule has 0 aromatic carbocycles. The summed E-state index contributed by atoms with van der Waals surface area (Å²) in [6.45, 7) is 6.40. The van der Waals surface area contributed by atoms with Crippen LogP contribution in [0.4, 0.5) is 0 Å². The molecule has 0 bridgehead atoms. The third kappa shape index (κ3) is 4.52. The van der Waals surface area contributed by atoms with E-state index >= 15 is 0 Å². The zero-order valence-electron chi connectivity index (χ0n) is 13.0. The Bertz CT molecular complexity index is 419. The quantitative estimate of drug-likeness (QED) is 0.775. The topological polar surface area (TPSA) is 48.3 Å². The number of ether oxygens (including phenoxy) is 2. The van der Waals surface area contributed by atoms with E-state index in [-0.39, 0.29) is 0 Å². The molecule has 1 aliphatic heterocycles. The number of hydrogen-bond donors (Lipinski definition) is 1. The molecule has 2 rings (SSSR count). The number of hydrogen-bond acceptors (Lipinski definition) is 4. The minimum Gasteiger partial charge on any atom is -0.383 e. The molecular weight excluding hydrogens is 334 g/mol. The summed E-state index contributed by atoms with van der Waals surface area (Å²) in [6.07, 6.45) is 5.22. The van der Waals surface area contributed by atoms with Crippen molar-refractivity contribution in [3.63, 3.8) is 0 Å². The van der Waals surface area contributed by atoms with Gasteiger partial charge in [-0.2, -0.15) is 5.10 Å². The predicted octanol–water partition coefficient (Wildman–Crippen LogP) is 2.76. The minimum atomic E-state index is 0.322. The van der Waals surface area contributed by atoms with Crippen LogP contribution in [-0.4, -0.2) is 43.3 Å². The Balaban J connectivity index is 2.19. The highest BCUT2D eigenvalue weighted by atomic mass is 79.9. The molecule has 5 nitrogen and oxygen atoms in total. The minimum absolute atomic E-state index is 0.322. The summed E-state index contributed by atoms with van der Waals surface area (Å²) >= 11 is 3.67. The molecule has 0 amide bonds. The van der Waals surface area contributed by atoms with Crippen LogP contribution in [-0.2, 0) is 16.0 Å². The molecule has 21 heavy (non-hydrogen) atoms. The largest absolute Gasteiger partial charge is 0.383 e. The van der Waals surface area contributed by atoms with Gasteiger partial charge in [0.25, 0.3) is 0 Å². The molecular formula is C15H26BrN3O2. The summed E-state index contributed by atoms with van der Waals surface area (Å²) in [4.78, 5) is 0. The average Bonchev–Trinajstić information content (AvgIpc) is 2.88. The molecule has 1 fully saturated rings. The van der Waals surface area contributed by atoms with E-state index in [1.807, 2.05) is 6.20 Å². The maximum Gasteiger partial charge on any atom is 0.0699 e. The van der Waals surface area contributed by atoms with Crippen LogP contribution >= 0.6 is 15.9 Å². The maximum absolute atomic E-state index is 5.52. The van der Waals surface area contributed by atoms with Gasteiger partial charge < -0.3 is 14.8 Å². The SMILES string of the molecule is CCCNC(c1c(Br)cnn1CCOC)C1CCOCC1. The van der Waals surface area contributed by atoms with Crippen LogP contribution in [0.25, 0.3) is 0 Å². The van der Waals surface area contributed by atoms with Crippen LogP contribution in [0.15, 0.2) is 10.7 Å². The highest BCUT2D eigenvalue weighted by Gasteiger charge is 2.29. The van der Waals surface area contributed by atoms with Gasteiger partial charge in [0.2, 0.25) is 0 Å². The smallest absolute Gasteiger partial charge is 0.0699 e. The summed E-state index contributed by atoms with van der Waals surface area (Å²) in [6, 6.07) is 0.322. The molecule has 1 saturated heterocycles. The van der Waals surface area contributed by atoms with Crippen LogP contribution in [0.1, 0.15) is 37.9 Å². The Kier molecular flexibility index (Phi) is 7.16. The molecule has 0 aliphatic carbocycles. The molecule has 0 radical (unpaired) electrons. The summed E-state index contributed by atoms with van der Waals surface area (Å²) in [5, 5.41) is 8.21. The van der Waals surface area contributed by atoms with E-state index in [2.05, 4.69) is 38.0 Å². The van der Waals surface area contributed by atoms with E-state index in [0.29, 0.717) is 18.6 Å². The number of nitrogens with zero attached hydrogens (tertiary/aromatic N) is 2. The molecule has 1 unspecified atom stereocenters. The first-order valence-corrected chi connectivity index (χ1v) is 8.58. The van der Waals surface area contributed by atoms with Crippen molar-refractivity contribution in [1.82, 2.24) is 15.1 Å². The van der Waals surface area contributed by atoms with Gasteiger partial charge in [-0.15, -0.1) is 0 Å². The highest BCUT2D eigenvalue weighted by Crippen LogP contribution is 2.34. The van der Waals surface area contributed by atoms with Crippen LogP contribution in [0, 0.1) is 5.92 Å². The average molecular weight is 360 g/mol. The summed E-state index contributed by atoms with van der Waals surface area (Å²) in [7, 11) is 1.73. The lowest BCUT2D eigenvalue weighted by Crippen LogP contribution is -2.34. The van der Waals surface area contributed by atoms with E-state index in [4.69, 9.17) is 9.47 Å². The normalized spacial score (nSPS) is 18.0. The molecule has 1 N–H and O–H groups in total. The third-order valence-corrected chi connectivity index (χ3v) is 4.60. The zero-order valence-corrected chi connectivity index (χ0v) is 14.6. The molecule has 1 atom stereocenters. The predicted molar refractivity (Wildman–Crippen MR) is 86.4 cm³/mol. The summed E-state index contributed by atoms with van der Waals surface area (Å²) < 4.78 is 13.9. The molecule has 1 aliphatic rings. The van der Waals surface area contributed by atoms with Gasteiger partial charge in [0.05, 0.1) is 35.6 Å². The van der Waals surface area contributed by atoms with Gasteiger partial charge in [0.1, 0.15) is 0 Å². The molecule has 120 valence electrons. The fourth-order valence-electron chi connectivity index (χ4n) is 2.87. The first kappa shape index (κ1) is 16.9. The van der Waals surface area contributed by atoms with E-state index in [9.17, 15) is 0 Å². The lowest BCUT2D eigenvalue weighted by Gasteiger charge is -2.32. The van der Waals surface area contributed by atoms with E-state index < -0.39 is 0 Å². The van der Waals surface area contributed by atoms with Crippen molar-refractivity contribution >= 4 is 15.9 Å². The fourth-order valence-corrected chi connectivity index (χ4v) is 3.42. The van der Waals surface area contributed by atoms with Crippen molar-refractivity contribution < 1.29 is 9.47 Å². The molecule has 6 heteroatoms. The van der Waals surface area contributed by atoms with Crippen molar-refractivity contribution in [1.29, 1.82) is 0 Å². The van der Waals surface area contributed by atoms with E-state index in [1.54, 1.807) is 7.11 Å². The lowest BCUT2D eigenvalue weighted by atomic mass is 9.89. The fraction of sp³-hybridized carbons (Fsp3) is 0.800. The van der Waals surface area contributed by atoms with Crippen molar-refractivity contribution in [2.75, 3.05) is 33.5 Å². The Labute approximate surface area is 135 Å². The molecule has 1 aromatic rings. The number of methoxy groups -OCH3 is 1. The molecule has 0 spiro atoms. The van der Waals surface area contributed by atoms with Gasteiger partial charge in [0.15, 0.2) is 0 Å². The van der Waals surface area contributed by atoms with Gasteiger partial charge in [0, 0.05) is 20.3 Å². The number of aromatic nitrogens is 2. The monoisotopic (exact) mass is 359 g/mol.